The molecule has 1 heterocycles. The van der Waals surface area contributed by atoms with Crippen LogP contribution in [0.25, 0.3) is 5.69 Å². The number of benzene rings is 3. The molecule has 0 atom stereocenters. The van der Waals surface area contributed by atoms with E-state index in [0.717, 1.165) is 11.1 Å². The predicted molar refractivity (Wildman–Crippen MR) is 142 cm³/mol. The molecule has 0 aliphatic heterocycles. The summed E-state index contributed by atoms with van der Waals surface area (Å²) < 4.78 is 31.9. The first kappa shape index (κ1) is 25.3. The lowest BCUT2D eigenvalue weighted by Crippen LogP contribution is -2.23. The van der Waals surface area contributed by atoms with Crippen molar-refractivity contribution in [3.8, 4) is 5.69 Å². The van der Waals surface area contributed by atoms with Crippen LogP contribution in [0.5, 0.6) is 0 Å². The van der Waals surface area contributed by atoms with Gasteiger partial charge in [0.1, 0.15) is 10.6 Å². The molecule has 1 aromatic heterocycles. The highest BCUT2D eigenvalue weighted by Gasteiger charge is 2.23. The smallest absolute Gasteiger partial charge is 0.295 e. The molecule has 186 valence electrons. The van der Waals surface area contributed by atoms with E-state index in [1.165, 1.54) is 22.9 Å². The van der Waals surface area contributed by atoms with Gasteiger partial charge in [0.25, 0.3) is 21.5 Å². The summed E-state index contributed by atoms with van der Waals surface area (Å²) in [6.07, 6.45) is 0. The van der Waals surface area contributed by atoms with Crippen molar-refractivity contribution in [1.29, 1.82) is 0 Å². The molecule has 36 heavy (non-hydrogen) atoms. The molecular formula is C26H25ClN4O4S. The number of carbonyl (C=O) groups excluding carboxylic acids is 1. The highest BCUT2D eigenvalue weighted by atomic mass is 35.5. The van der Waals surface area contributed by atoms with E-state index in [2.05, 4.69) is 10.0 Å². The van der Waals surface area contributed by atoms with Gasteiger partial charge in [-0.3, -0.25) is 19.0 Å². The normalized spacial score (nSPS) is 11.4. The third kappa shape index (κ3) is 4.80. The van der Waals surface area contributed by atoms with Gasteiger partial charge in [-0.15, -0.1) is 0 Å². The van der Waals surface area contributed by atoms with Crippen LogP contribution in [-0.2, 0) is 17.1 Å². The second kappa shape index (κ2) is 9.67. The van der Waals surface area contributed by atoms with Crippen LogP contribution < -0.4 is 15.6 Å². The van der Waals surface area contributed by atoms with Gasteiger partial charge >= 0.3 is 0 Å². The largest absolute Gasteiger partial charge is 0.316 e. The lowest BCUT2D eigenvalue weighted by molar-refractivity contribution is 0.102. The molecule has 0 aliphatic carbocycles. The molecule has 0 radical (unpaired) electrons. The van der Waals surface area contributed by atoms with Gasteiger partial charge in [-0.1, -0.05) is 41.9 Å². The van der Waals surface area contributed by atoms with Crippen molar-refractivity contribution in [2.45, 2.75) is 25.7 Å². The van der Waals surface area contributed by atoms with Crippen LogP contribution in [0, 0.1) is 20.8 Å². The number of nitrogens with one attached hydrogen (secondary N) is 2. The Morgan fingerprint density at radius 3 is 2.33 bits per heavy atom. The topological polar surface area (TPSA) is 102 Å². The zero-order valence-electron chi connectivity index (χ0n) is 20.2. The summed E-state index contributed by atoms with van der Waals surface area (Å²) in [7, 11) is -2.39. The summed E-state index contributed by atoms with van der Waals surface area (Å²) >= 11 is 6.22. The fourth-order valence-electron chi connectivity index (χ4n) is 3.79. The molecule has 8 nitrogen and oxygen atoms in total. The highest BCUT2D eigenvalue weighted by Crippen LogP contribution is 2.27. The fraction of sp³-hybridized carbons (Fsp3) is 0.154. The third-order valence-corrected chi connectivity index (χ3v) is 7.76. The first-order chi connectivity index (χ1) is 17.0. The number of hydrogen-bond donors (Lipinski definition) is 2. The van der Waals surface area contributed by atoms with Gasteiger partial charge in [0.2, 0.25) is 0 Å². The monoisotopic (exact) mass is 524 g/mol. The molecule has 2 N–H and O–H groups in total. The van der Waals surface area contributed by atoms with Gasteiger partial charge in [0, 0.05) is 12.6 Å². The van der Waals surface area contributed by atoms with Gasteiger partial charge in [0.05, 0.1) is 22.1 Å². The van der Waals surface area contributed by atoms with E-state index in [1.54, 1.807) is 43.8 Å². The van der Waals surface area contributed by atoms with Crippen LogP contribution >= 0.6 is 11.6 Å². The summed E-state index contributed by atoms with van der Waals surface area (Å²) in [5.74, 6) is -0.638. The molecular weight excluding hydrogens is 500 g/mol. The van der Waals surface area contributed by atoms with E-state index in [1.807, 2.05) is 37.3 Å². The number of carbonyl (C=O) groups is 1. The number of aryl methyl sites for hydroxylation is 2. The summed E-state index contributed by atoms with van der Waals surface area (Å²) in [6, 6.07) is 18.4. The van der Waals surface area contributed by atoms with Crippen molar-refractivity contribution >= 4 is 38.9 Å². The number of aromatic nitrogens is 2. The summed E-state index contributed by atoms with van der Waals surface area (Å²) in [5, 5.41) is 2.60. The molecule has 1 amide bonds. The Morgan fingerprint density at radius 1 is 0.944 bits per heavy atom. The molecule has 0 saturated heterocycles. The average molecular weight is 525 g/mol. The van der Waals surface area contributed by atoms with Crippen molar-refractivity contribution in [1.82, 2.24) is 9.36 Å². The summed E-state index contributed by atoms with van der Waals surface area (Å²) in [4.78, 5) is 26.0. The van der Waals surface area contributed by atoms with E-state index >= 15 is 0 Å². The van der Waals surface area contributed by atoms with E-state index in [-0.39, 0.29) is 21.2 Å². The Labute approximate surface area is 214 Å². The maximum atomic E-state index is 13.1. The van der Waals surface area contributed by atoms with E-state index in [0.29, 0.717) is 17.1 Å². The molecule has 0 saturated carbocycles. The molecule has 0 unspecified atom stereocenters. The van der Waals surface area contributed by atoms with Gasteiger partial charge in [-0.25, -0.2) is 13.1 Å². The van der Waals surface area contributed by atoms with Crippen LogP contribution in [0.4, 0.5) is 11.4 Å². The van der Waals surface area contributed by atoms with Crippen molar-refractivity contribution < 1.29 is 13.2 Å². The summed E-state index contributed by atoms with van der Waals surface area (Å²) in [6.45, 7) is 5.35. The van der Waals surface area contributed by atoms with Crippen LogP contribution in [0.15, 0.2) is 76.4 Å². The minimum Gasteiger partial charge on any atom is -0.316 e. The maximum absolute atomic E-state index is 13.1. The van der Waals surface area contributed by atoms with Crippen molar-refractivity contribution in [2.75, 3.05) is 10.0 Å². The Morgan fingerprint density at radius 2 is 1.64 bits per heavy atom. The number of para-hydroxylation sites is 1. The van der Waals surface area contributed by atoms with E-state index in [9.17, 15) is 18.0 Å². The van der Waals surface area contributed by atoms with Crippen molar-refractivity contribution in [3.05, 3.63) is 104 Å². The van der Waals surface area contributed by atoms with Crippen LogP contribution in [-0.4, -0.2) is 23.7 Å². The van der Waals surface area contributed by atoms with Crippen LogP contribution in [0.1, 0.15) is 27.2 Å². The fourth-order valence-corrected chi connectivity index (χ4v) is 5.44. The van der Waals surface area contributed by atoms with Crippen molar-refractivity contribution in [3.63, 3.8) is 0 Å². The van der Waals surface area contributed by atoms with E-state index < -0.39 is 21.5 Å². The number of sulfonamides is 1. The first-order valence-electron chi connectivity index (χ1n) is 11.0. The lowest BCUT2D eigenvalue weighted by Gasteiger charge is -2.13. The van der Waals surface area contributed by atoms with Gasteiger partial charge in [-0.05, 0) is 68.3 Å². The zero-order valence-corrected chi connectivity index (χ0v) is 21.7. The molecule has 10 heteroatoms. The summed E-state index contributed by atoms with van der Waals surface area (Å²) in [5.41, 5.74) is 2.95. The number of amides is 1. The predicted octanol–water partition coefficient (Wildman–Crippen LogP) is 4.81. The molecule has 0 aliphatic rings. The number of anilines is 2. The third-order valence-electron chi connectivity index (χ3n) is 5.91. The lowest BCUT2D eigenvalue weighted by atomic mass is 10.1. The number of rotatable bonds is 6. The first-order valence-corrected chi connectivity index (χ1v) is 12.9. The number of nitrogens with zero attached hydrogens (tertiary/aromatic N) is 2. The van der Waals surface area contributed by atoms with Gasteiger partial charge < -0.3 is 5.32 Å². The second-order valence-electron chi connectivity index (χ2n) is 8.46. The van der Waals surface area contributed by atoms with Gasteiger partial charge in [0.15, 0.2) is 0 Å². The molecule has 0 fully saturated rings. The molecule has 3 aromatic carbocycles. The Hall–Kier alpha value is -3.82. The second-order valence-corrected chi connectivity index (χ2v) is 10.5. The average Bonchev–Trinajstić information content (AvgIpc) is 3.05. The van der Waals surface area contributed by atoms with Crippen LogP contribution in [0.2, 0.25) is 5.02 Å². The SMILES string of the molecule is Cc1ccc(C)c(NS(=O)(=O)c2cc(C(=O)Nc3c(C)n(C)n(-c4ccccc4)c3=O)ccc2Cl)c1. The molecule has 4 aromatic rings. The Bertz CT molecular complexity index is 1640. The van der Waals surface area contributed by atoms with E-state index in [4.69, 9.17) is 11.6 Å². The minimum atomic E-state index is -4.10. The van der Waals surface area contributed by atoms with Crippen molar-refractivity contribution in [2.24, 2.45) is 7.05 Å². The minimum absolute atomic E-state index is 0.0355. The quantitative estimate of drug-likeness (QED) is 0.378. The molecule has 0 bridgehead atoms. The number of halogens is 1. The zero-order chi connectivity index (χ0) is 26.2. The standard InChI is InChI=1S/C26H25ClN4O4S/c1-16-10-11-17(2)22(14-16)29-36(34,35)23-15-19(12-13-21(23)27)25(32)28-24-18(3)30(4)31(26(24)33)20-8-6-5-7-9-20/h5-15,29H,1-4H3,(H,28,32). The molecule has 0 spiro atoms. The maximum Gasteiger partial charge on any atom is 0.295 e. The Kier molecular flexibility index (Phi) is 6.79. The molecule has 4 rings (SSSR count). The Balaban J connectivity index is 1.67. The number of hydrogen-bond acceptors (Lipinski definition) is 4. The van der Waals surface area contributed by atoms with Gasteiger partial charge in [-0.2, -0.15) is 0 Å². The van der Waals surface area contributed by atoms with Crippen LogP contribution in [0.3, 0.4) is 0 Å². The highest BCUT2D eigenvalue weighted by molar-refractivity contribution is 7.92.